The fourth-order valence-corrected chi connectivity index (χ4v) is 1.93. The first-order valence-electron chi connectivity index (χ1n) is 6.13. The quantitative estimate of drug-likeness (QED) is 0.846. The number of hydrogen-bond acceptors (Lipinski definition) is 2. The summed E-state index contributed by atoms with van der Waals surface area (Å²) in [7, 11) is 0. The Morgan fingerprint density at radius 3 is 2.57 bits per heavy atom. The molecule has 2 aromatic carbocycles. The molecule has 2 aromatic rings. The standard InChI is InChI=1S/C16H12ClNO3/c17-12-5-3-4-11(10-12)8-9-15(19)18-14-7-2-1-6-13(14)16(20)21/h1-10H,(H,18,19)(H,20,21). The minimum atomic E-state index is -1.09. The number of amides is 1. The Morgan fingerprint density at radius 1 is 1.10 bits per heavy atom. The Bertz CT molecular complexity index is 710. The van der Waals surface area contributed by atoms with Gasteiger partial charge in [-0.05, 0) is 35.9 Å². The van der Waals surface area contributed by atoms with Crippen LogP contribution in [-0.4, -0.2) is 17.0 Å². The lowest BCUT2D eigenvalue weighted by atomic mass is 10.1. The molecule has 0 saturated heterocycles. The van der Waals surface area contributed by atoms with Crippen LogP contribution in [0.2, 0.25) is 5.02 Å². The van der Waals surface area contributed by atoms with E-state index in [4.69, 9.17) is 16.7 Å². The van der Waals surface area contributed by atoms with E-state index in [1.165, 1.54) is 18.2 Å². The largest absolute Gasteiger partial charge is 0.478 e. The number of carboxylic acids is 1. The van der Waals surface area contributed by atoms with Crippen molar-refractivity contribution in [2.24, 2.45) is 0 Å². The molecule has 0 aliphatic carbocycles. The maximum absolute atomic E-state index is 11.8. The van der Waals surface area contributed by atoms with Gasteiger partial charge < -0.3 is 10.4 Å². The second kappa shape index (κ2) is 6.72. The summed E-state index contributed by atoms with van der Waals surface area (Å²) in [4.78, 5) is 22.9. The van der Waals surface area contributed by atoms with Gasteiger partial charge in [0.2, 0.25) is 5.91 Å². The van der Waals surface area contributed by atoms with E-state index in [-0.39, 0.29) is 11.3 Å². The molecule has 0 spiro atoms. The van der Waals surface area contributed by atoms with Gasteiger partial charge in [-0.15, -0.1) is 0 Å². The summed E-state index contributed by atoms with van der Waals surface area (Å²) in [5, 5.41) is 12.1. The molecule has 0 saturated carbocycles. The second-order valence-corrected chi connectivity index (χ2v) is 4.66. The molecule has 0 radical (unpaired) electrons. The molecule has 106 valence electrons. The first-order valence-corrected chi connectivity index (χ1v) is 6.51. The van der Waals surface area contributed by atoms with E-state index in [1.54, 1.807) is 42.5 Å². The molecule has 0 aliphatic heterocycles. The lowest BCUT2D eigenvalue weighted by molar-refractivity contribution is -0.111. The van der Waals surface area contributed by atoms with Crippen LogP contribution in [0.15, 0.2) is 54.6 Å². The molecule has 1 amide bonds. The molecule has 0 bridgehead atoms. The molecule has 0 atom stereocenters. The van der Waals surface area contributed by atoms with E-state index in [1.807, 2.05) is 0 Å². The van der Waals surface area contributed by atoms with Crippen LogP contribution < -0.4 is 5.32 Å². The number of hydrogen-bond donors (Lipinski definition) is 2. The summed E-state index contributed by atoms with van der Waals surface area (Å²) in [6.07, 6.45) is 2.93. The molecule has 21 heavy (non-hydrogen) atoms. The Labute approximate surface area is 126 Å². The summed E-state index contributed by atoms with van der Waals surface area (Å²) < 4.78 is 0. The van der Waals surface area contributed by atoms with E-state index >= 15 is 0 Å². The van der Waals surface area contributed by atoms with Gasteiger partial charge in [0.15, 0.2) is 0 Å². The van der Waals surface area contributed by atoms with Gasteiger partial charge in [-0.2, -0.15) is 0 Å². The Kier molecular flexibility index (Phi) is 4.74. The topological polar surface area (TPSA) is 66.4 Å². The van der Waals surface area contributed by atoms with Gasteiger partial charge in [0.05, 0.1) is 11.3 Å². The summed E-state index contributed by atoms with van der Waals surface area (Å²) in [5.41, 5.74) is 1.08. The summed E-state index contributed by atoms with van der Waals surface area (Å²) >= 11 is 5.85. The van der Waals surface area contributed by atoms with Crippen molar-refractivity contribution < 1.29 is 14.7 Å². The third-order valence-electron chi connectivity index (χ3n) is 2.69. The monoisotopic (exact) mass is 301 g/mol. The molecule has 0 heterocycles. The number of carbonyl (C=O) groups excluding carboxylic acids is 1. The SMILES string of the molecule is O=C(C=Cc1cccc(Cl)c1)Nc1ccccc1C(=O)O. The first kappa shape index (κ1) is 14.8. The van der Waals surface area contributed by atoms with Crippen LogP contribution in [0, 0.1) is 0 Å². The molecule has 5 heteroatoms. The molecule has 4 nitrogen and oxygen atoms in total. The first-order chi connectivity index (χ1) is 10.1. The van der Waals surface area contributed by atoms with Crippen LogP contribution in [0.4, 0.5) is 5.69 Å². The lowest BCUT2D eigenvalue weighted by Gasteiger charge is -2.05. The predicted molar refractivity (Wildman–Crippen MR) is 82.5 cm³/mol. The van der Waals surface area contributed by atoms with E-state index in [9.17, 15) is 9.59 Å². The normalized spacial score (nSPS) is 10.5. The van der Waals surface area contributed by atoms with Gasteiger partial charge in [0, 0.05) is 11.1 Å². The van der Waals surface area contributed by atoms with Crippen molar-refractivity contribution in [2.45, 2.75) is 0 Å². The van der Waals surface area contributed by atoms with E-state index in [0.29, 0.717) is 5.02 Å². The zero-order valence-electron chi connectivity index (χ0n) is 10.9. The maximum Gasteiger partial charge on any atom is 0.337 e. The zero-order valence-corrected chi connectivity index (χ0v) is 11.7. The van der Waals surface area contributed by atoms with Crippen molar-refractivity contribution in [3.63, 3.8) is 0 Å². The Balaban J connectivity index is 2.10. The second-order valence-electron chi connectivity index (χ2n) is 4.23. The van der Waals surface area contributed by atoms with E-state index in [2.05, 4.69) is 5.32 Å². The van der Waals surface area contributed by atoms with Gasteiger partial charge >= 0.3 is 5.97 Å². The van der Waals surface area contributed by atoms with Gasteiger partial charge in [-0.1, -0.05) is 35.9 Å². The number of benzene rings is 2. The minimum Gasteiger partial charge on any atom is -0.478 e. The van der Waals surface area contributed by atoms with Crippen molar-refractivity contribution >= 4 is 35.2 Å². The van der Waals surface area contributed by atoms with Crippen molar-refractivity contribution in [1.82, 2.24) is 0 Å². The minimum absolute atomic E-state index is 0.0435. The predicted octanol–water partition coefficient (Wildman–Crippen LogP) is 3.69. The molecule has 2 N–H and O–H groups in total. The van der Waals surface area contributed by atoms with Gasteiger partial charge in [-0.3, -0.25) is 4.79 Å². The zero-order chi connectivity index (χ0) is 15.2. The van der Waals surface area contributed by atoms with Crippen molar-refractivity contribution in [3.8, 4) is 0 Å². The molecule has 0 unspecified atom stereocenters. The van der Waals surface area contributed by atoms with Crippen LogP contribution >= 0.6 is 11.6 Å². The highest BCUT2D eigenvalue weighted by molar-refractivity contribution is 6.30. The van der Waals surface area contributed by atoms with Crippen molar-refractivity contribution in [2.75, 3.05) is 5.32 Å². The molecule has 0 fully saturated rings. The van der Waals surface area contributed by atoms with Crippen molar-refractivity contribution in [1.29, 1.82) is 0 Å². The Hall–Kier alpha value is -2.59. The highest BCUT2D eigenvalue weighted by Crippen LogP contribution is 2.15. The molecule has 2 rings (SSSR count). The number of carboxylic acid groups (broad SMARTS) is 1. The third-order valence-corrected chi connectivity index (χ3v) is 2.93. The molecule has 0 aliphatic rings. The number of aromatic carboxylic acids is 1. The third kappa shape index (κ3) is 4.19. The molecular formula is C16H12ClNO3. The summed E-state index contributed by atoms with van der Waals surface area (Å²) in [6, 6.07) is 13.3. The number of halogens is 1. The summed E-state index contributed by atoms with van der Waals surface area (Å²) in [6.45, 7) is 0. The van der Waals surface area contributed by atoms with Crippen LogP contribution in [0.3, 0.4) is 0 Å². The number of anilines is 1. The number of nitrogens with one attached hydrogen (secondary N) is 1. The van der Waals surface area contributed by atoms with Gasteiger partial charge in [0.25, 0.3) is 0 Å². The maximum atomic E-state index is 11.8. The average Bonchev–Trinajstić information content (AvgIpc) is 2.45. The number of carbonyl (C=O) groups is 2. The Morgan fingerprint density at radius 2 is 1.86 bits per heavy atom. The van der Waals surface area contributed by atoms with Gasteiger partial charge in [-0.25, -0.2) is 4.79 Å². The fraction of sp³-hybridized carbons (Fsp3) is 0. The fourth-order valence-electron chi connectivity index (χ4n) is 1.74. The smallest absolute Gasteiger partial charge is 0.337 e. The number of para-hydroxylation sites is 1. The molecular weight excluding hydrogens is 290 g/mol. The van der Waals surface area contributed by atoms with Gasteiger partial charge in [0.1, 0.15) is 0 Å². The van der Waals surface area contributed by atoms with E-state index in [0.717, 1.165) is 5.56 Å². The van der Waals surface area contributed by atoms with Crippen LogP contribution in [0.5, 0.6) is 0 Å². The average molecular weight is 302 g/mol. The van der Waals surface area contributed by atoms with Crippen LogP contribution in [-0.2, 0) is 4.79 Å². The summed E-state index contributed by atoms with van der Waals surface area (Å²) in [5.74, 6) is -1.51. The lowest BCUT2D eigenvalue weighted by Crippen LogP contribution is -2.11. The van der Waals surface area contributed by atoms with Crippen LogP contribution in [0.1, 0.15) is 15.9 Å². The van der Waals surface area contributed by atoms with Crippen molar-refractivity contribution in [3.05, 3.63) is 70.8 Å². The van der Waals surface area contributed by atoms with Crippen LogP contribution in [0.25, 0.3) is 6.08 Å². The molecule has 0 aromatic heterocycles. The van der Waals surface area contributed by atoms with E-state index < -0.39 is 11.9 Å². The highest BCUT2D eigenvalue weighted by atomic mass is 35.5. The highest BCUT2D eigenvalue weighted by Gasteiger charge is 2.09. The number of rotatable bonds is 4.